The van der Waals surface area contributed by atoms with E-state index in [4.69, 9.17) is 5.73 Å². The van der Waals surface area contributed by atoms with Gasteiger partial charge >= 0.3 is 0 Å². The third-order valence-corrected chi connectivity index (χ3v) is 3.49. The van der Waals surface area contributed by atoms with Crippen molar-refractivity contribution in [1.82, 2.24) is 4.98 Å². The van der Waals surface area contributed by atoms with Gasteiger partial charge in [0, 0.05) is 11.4 Å². The fraction of sp³-hybridized carbons (Fsp3) is 0.0909. The van der Waals surface area contributed by atoms with Crippen molar-refractivity contribution in [2.75, 3.05) is 5.73 Å². The van der Waals surface area contributed by atoms with Gasteiger partial charge in [0.1, 0.15) is 5.69 Å². The highest BCUT2D eigenvalue weighted by atomic mass is 79.9. The van der Waals surface area contributed by atoms with E-state index in [-0.39, 0.29) is 5.78 Å². The second-order valence-electron chi connectivity index (χ2n) is 3.30. The lowest BCUT2D eigenvalue weighted by atomic mass is 10.1. The third kappa shape index (κ3) is 2.15. The second-order valence-corrected chi connectivity index (χ2v) is 5.24. The van der Waals surface area contributed by atoms with Gasteiger partial charge in [-0.25, -0.2) is 4.98 Å². The Morgan fingerprint density at radius 3 is 2.88 bits per heavy atom. The highest BCUT2D eigenvalue weighted by molar-refractivity contribution is 9.10. The number of hydrogen-bond acceptors (Lipinski definition) is 4. The van der Waals surface area contributed by atoms with Crippen molar-refractivity contribution in [1.29, 1.82) is 0 Å². The molecule has 0 amide bonds. The van der Waals surface area contributed by atoms with E-state index in [2.05, 4.69) is 20.9 Å². The summed E-state index contributed by atoms with van der Waals surface area (Å²) in [5.41, 5.74) is 7.03. The third-order valence-electron chi connectivity index (χ3n) is 2.06. The van der Waals surface area contributed by atoms with Crippen molar-refractivity contribution >= 4 is 38.2 Å². The lowest BCUT2D eigenvalue weighted by Crippen LogP contribution is -1.95. The van der Waals surface area contributed by atoms with Crippen LogP contribution in [0.2, 0.25) is 0 Å². The topological polar surface area (TPSA) is 56.0 Å². The number of halogens is 1. The quantitative estimate of drug-likeness (QED) is 0.865. The molecule has 2 rings (SSSR count). The zero-order chi connectivity index (χ0) is 11.7. The van der Waals surface area contributed by atoms with E-state index in [1.807, 2.05) is 24.3 Å². The molecule has 0 radical (unpaired) electrons. The number of benzene rings is 1. The SMILES string of the molecule is CC(=O)c1nc(N)sc1-c1cccc(Br)c1. The number of nitrogens with two attached hydrogens (primary N) is 1. The molecule has 0 aliphatic carbocycles. The maximum Gasteiger partial charge on any atom is 0.181 e. The lowest BCUT2D eigenvalue weighted by molar-refractivity contribution is 0.101. The molecular weight excluding hydrogens is 288 g/mol. The highest BCUT2D eigenvalue weighted by Crippen LogP contribution is 2.33. The zero-order valence-electron chi connectivity index (χ0n) is 8.53. The summed E-state index contributed by atoms with van der Waals surface area (Å²) in [4.78, 5) is 16.3. The van der Waals surface area contributed by atoms with E-state index in [1.54, 1.807) is 0 Å². The van der Waals surface area contributed by atoms with Crippen LogP contribution < -0.4 is 5.73 Å². The molecule has 16 heavy (non-hydrogen) atoms. The molecule has 0 spiro atoms. The Morgan fingerprint density at radius 1 is 1.50 bits per heavy atom. The maximum atomic E-state index is 11.4. The maximum absolute atomic E-state index is 11.4. The normalized spacial score (nSPS) is 10.4. The Balaban J connectivity index is 2.59. The van der Waals surface area contributed by atoms with Crippen LogP contribution >= 0.6 is 27.3 Å². The summed E-state index contributed by atoms with van der Waals surface area (Å²) in [5.74, 6) is -0.0667. The van der Waals surface area contributed by atoms with Crippen LogP contribution in [0.1, 0.15) is 17.4 Å². The molecule has 0 saturated carbocycles. The van der Waals surface area contributed by atoms with E-state index in [0.717, 1.165) is 14.9 Å². The van der Waals surface area contributed by atoms with Crippen LogP contribution in [0.25, 0.3) is 10.4 Å². The van der Waals surface area contributed by atoms with Crippen LogP contribution in [0.5, 0.6) is 0 Å². The molecule has 2 aromatic rings. The first-order valence-corrected chi connectivity index (χ1v) is 6.22. The molecule has 0 unspecified atom stereocenters. The summed E-state index contributed by atoms with van der Waals surface area (Å²) in [7, 11) is 0. The summed E-state index contributed by atoms with van der Waals surface area (Å²) >= 11 is 4.73. The first-order chi connectivity index (χ1) is 7.58. The Bertz CT molecular complexity index is 551. The number of Topliss-reactive ketones (excluding diaryl/α,β-unsaturated/α-hetero) is 1. The number of thiazole rings is 1. The standard InChI is InChI=1S/C11H9BrN2OS/c1-6(15)9-10(16-11(13)14-9)7-3-2-4-8(12)5-7/h2-5H,1H3,(H2,13,14). The Labute approximate surface area is 105 Å². The number of carbonyl (C=O) groups is 1. The van der Waals surface area contributed by atoms with Crippen LogP contribution in [-0.4, -0.2) is 10.8 Å². The molecule has 1 aromatic carbocycles. The van der Waals surface area contributed by atoms with Gasteiger partial charge in [0.15, 0.2) is 10.9 Å². The zero-order valence-corrected chi connectivity index (χ0v) is 10.9. The number of ketones is 1. The van der Waals surface area contributed by atoms with Crippen LogP contribution in [0.4, 0.5) is 5.13 Å². The molecule has 1 aromatic heterocycles. The van der Waals surface area contributed by atoms with Crippen LogP contribution in [0.3, 0.4) is 0 Å². The minimum atomic E-state index is -0.0667. The van der Waals surface area contributed by atoms with Crippen LogP contribution in [-0.2, 0) is 0 Å². The molecule has 2 N–H and O–H groups in total. The average Bonchev–Trinajstić information content (AvgIpc) is 2.60. The van der Waals surface area contributed by atoms with Gasteiger partial charge in [-0.1, -0.05) is 39.4 Å². The summed E-state index contributed by atoms with van der Waals surface area (Å²) < 4.78 is 0.964. The smallest absolute Gasteiger partial charge is 0.181 e. The van der Waals surface area contributed by atoms with Crippen LogP contribution in [0.15, 0.2) is 28.7 Å². The first-order valence-electron chi connectivity index (χ1n) is 4.61. The van der Waals surface area contributed by atoms with E-state index >= 15 is 0 Å². The van der Waals surface area contributed by atoms with Gasteiger partial charge in [0.05, 0.1) is 4.88 Å². The van der Waals surface area contributed by atoms with Gasteiger partial charge in [-0.15, -0.1) is 0 Å². The van der Waals surface area contributed by atoms with Crippen molar-refractivity contribution in [3.63, 3.8) is 0 Å². The highest BCUT2D eigenvalue weighted by Gasteiger charge is 2.15. The molecule has 0 bridgehead atoms. The molecule has 1 heterocycles. The molecule has 0 aliphatic heterocycles. The van der Waals surface area contributed by atoms with E-state index in [0.29, 0.717) is 10.8 Å². The number of nitrogen functional groups attached to an aromatic ring is 1. The molecule has 0 atom stereocenters. The molecule has 3 nitrogen and oxygen atoms in total. The number of hydrogen-bond donors (Lipinski definition) is 1. The van der Waals surface area contributed by atoms with Crippen molar-refractivity contribution in [3.05, 3.63) is 34.4 Å². The second kappa shape index (κ2) is 4.35. The van der Waals surface area contributed by atoms with E-state index in [9.17, 15) is 4.79 Å². The van der Waals surface area contributed by atoms with Crippen molar-refractivity contribution in [3.8, 4) is 10.4 Å². The molecule has 0 aliphatic rings. The molecule has 82 valence electrons. The number of carbonyl (C=O) groups excluding carboxylic acids is 1. The summed E-state index contributed by atoms with van der Waals surface area (Å²) in [5, 5.41) is 0.417. The number of anilines is 1. The molecule has 0 fully saturated rings. The molecule has 0 saturated heterocycles. The summed E-state index contributed by atoms with van der Waals surface area (Å²) in [6.45, 7) is 1.50. The average molecular weight is 297 g/mol. The minimum Gasteiger partial charge on any atom is -0.375 e. The summed E-state index contributed by atoms with van der Waals surface area (Å²) in [6, 6.07) is 7.73. The van der Waals surface area contributed by atoms with Crippen molar-refractivity contribution in [2.45, 2.75) is 6.92 Å². The molecule has 5 heteroatoms. The van der Waals surface area contributed by atoms with Gasteiger partial charge in [-0.2, -0.15) is 0 Å². The van der Waals surface area contributed by atoms with Gasteiger partial charge in [0.25, 0.3) is 0 Å². The monoisotopic (exact) mass is 296 g/mol. The van der Waals surface area contributed by atoms with Crippen molar-refractivity contribution in [2.24, 2.45) is 0 Å². The predicted octanol–water partition coefficient (Wildman–Crippen LogP) is 3.36. The van der Waals surface area contributed by atoms with E-state index in [1.165, 1.54) is 18.3 Å². The number of rotatable bonds is 2. The number of aromatic nitrogens is 1. The lowest BCUT2D eigenvalue weighted by Gasteiger charge is -1.99. The van der Waals surface area contributed by atoms with Gasteiger partial charge in [0.2, 0.25) is 0 Å². The predicted molar refractivity (Wildman–Crippen MR) is 69.7 cm³/mol. The fourth-order valence-corrected chi connectivity index (χ4v) is 2.68. The van der Waals surface area contributed by atoms with Crippen molar-refractivity contribution < 1.29 is 4.79 Å². The van der Waals surface area contributed by atoms with Gasteiger partial charge in [-0.3, -0.25) is 4.79 Å². The van der Waals surface area contributed by atoms with E-state index < -0.39 is 0 Å². The molecular formula is C11H9BrN2OS. The fourth-order valence-electron chi connectivity index (χ4n) is 1.40. The Kier molecular flexibility index (Phi) is 3.07. The van der Waals surface area contributed by atoms with Crippen LogP contribution in [0, 0.1) is 0 Å². The summed E-state index contributed by atoms with van der Waals surface area (Å²) in [6.07, 6.45) is 0. The number of nitrogens with zero attached hydrogens (tertiary/aromatic N) is 1. The minimum absolute atomic E-state index is 0.0667. The first kappa shape index (κ1) is 11.3. The Morgan fingerprint density at radius 2 is 2.25 bits per heavy atom. The van der Waals surface area contributed by atoms with Gasteiger partial charge < -0.3 is 5.73 Å². The largest absolute Gasteiger partial charge is 0.375 e. The Hall–Kier alpha value is -1.20. The van der Waals surface area contributed by atoms with Gasteiger partial charge in [-0.05, 0) is 17.7 Å².